The van der Waals surface area contributed by atoms with Gasteiger partial charge in [0.05, 0.1) is 9.21 Å². The molecule has 0 aromatic carbocycles. The number of rotatable bonds is 3. The predicted octanol–water partition coefficient (Wildman–Crippen LogP) is 2.93. The molecule has 4 heterocycles. The number of aromatic nitrogens is 4. The van der Waals surface area contributed by atoms with Gasteiger partial charge in [0.1, 0.15) is 12.1 Å². The maximum absolute atomic E-state index is 12.6. The summed E-state index contributed by atoms with van der Waals surface area (Å²) in [5, 5.41) is 8.07. The Balaban J connectivity index is 1.51. The number of carbonyl (C=O) groups excluding carboxylic acids is 1. The lowest BCUT2D eigenvalue weighted by Gasteiger charge is -2.35. The second-order valence-corrected chi connectivity index (χ2v) is 8.29. The lowest BCUT2D eigenvalue weighted by molar-refractivity contribution is 0.0751. The van der Waals surface area contributed by atoms with Crippen LogP contribution in [0, 0.1) is 0 Å². The molecule has 1 saturated heterocycles. The van der Waals surface area contributed by atoms with Crippen LogP contribution in [0.4, 0.5) is 5.82 Å². The van der Waals surface area contributed by atoms with Gasteiger partial charge in [0, 0.05) is 37.9 Å². The fourth-order valence-corrected chi connectivity index (χ4v) is 4.17. The number of halogens is 1. The highest BCUT2D eigenvalue weighted by molar-refractivity contribution is 7.17. The van der Waals surface area contributed by atoms with E-state index in [1.807, 2.05) is 9.30 Å². The molecule has 0 spiro atoms. The van der Waals surface area contributed by atoms with Crippen molar-refractivity contribution in [3.63, 3.8) is 0 Å². The summed E-state index contributed by atoms with van der Waals surface area (Å²) < 4.78 is 2.56. The summed E-state index contributed by atoms with van der Waals surface area (Å²) >= 11 is 7.27. The van der Waals surface area contributed by atoms with E-state index in [1.165, 1.54) is 11.3 Å². The molecule has 0 bridgehead atoms. The number of hydrogen-bond acceptors (Lipinski definition) is 6. The fourth-order valence-electron chi connectivity index (χ4n) is 3.15. The largest absolute Gasteiger partial charge is 0.353 e. The fraction of sp³-hybridized carbons (Fsp3) is 0.412. The summed E-state index contributed by atoms with van der Waals surface area (Å²) in [6.07, 6.45) is 1.70. The SMILES string of the molecule is CC(C)c1cc(N2CCN(C(=O)c3ccc(Cl)s3)CC2)nc2nncn12. The Hall–Kier alpha value is -2.19. The first-order valence-corrected chi connectivity index (χ1v) is 9.72. The van der Waals surface area contributed by atoms with E-state index in [0.717, 1.165) is 24.6 Å². The molecular formula is C17H19ClN6OS. The summed E-state index contributed by atoms with van der Waals surface area (Å²) in [6, 6.07) is 5.65. The Kier molecular flexibility index (Phi) is 4.54. The molecule has 7 nitrogen and oxygen atoms in total. The number of hydrogen-bond donors (Lipinski definition) is 0. The molecule has 26 heavy (non-hydrogen) atoms. The van der Waals surface area contributed by atoms with E-state index >= 15 is 0 Å². The van der Waals surface area contributed by atoms with E-state index in [-0.39, 0.29) is 5.91 Å². The van der Waals surface area contributed by atoms with Crippen molar-refractivity contribution in [1.29, 1.82) is 0 Å². The molecule has 3 aromatic heterocycles. The Morgan fingerprint density at radius 3 is 2.65 bits per heavy atom. The Labute approximate surface area is 160 Å². The minimum absolute atomic E-state index is 0.0466. The molecule has 1 fully saturated rings. The van der Waals surface area contributed by atoms with Crippen molar-refractivity contribution in [2.24, 2.45) is 0 Å². The minimum atomic E-state index is 0.0466. The summed E-state index contributed by atoms with van der Waals surface area (Å²) in [4.78, 5) is 22.0. The third-order valence-electron chi connectivity index (χ3n) is 4.57. The van der Waals surface area contributed by atoms with Gasteiger partial charge in [-0.3, -0.25) is 9.20 Å². The minimum Gasteiger partial charge on any atom is -0.353 e. The van der Waals surface area contributed by atoms with Gasteiger partial charge in [-0.2, -0.15) is 4.98 Å². The van der Waals surface area contributed by atoms with Crippen LogP contribution in [0.3, 0.4) is 0 Å². The predicted molar refractivity (Wildman–Crippen MR) is 102 cm³/mol. The zero-order valence-corrected chi connectivity index (χ0v) is 16.2. The number of fused-ring (bicyclic) bond motifs is 1. The maximum Gasteiger partial charge on any atom is 0.264 e. The number of carbonyl (C=O) groups is 1. The molecule has 4 rings (SSSR count). The van der Waals surface area contributed by atoms with Crippen LogP contribution in [0.2, 0.25) is 4.34 Å². The topological polar surface area (TPSA) is 66.6 Å². The number of piperazine rings is 1. The smallest absolute Gasteiger partial charge is 0.264 e. The Morgan fingerprint density at radius 1 is 1.23 bits per heavy atom. The zero-order chi connectivity index (χ0) is 18.3. The summed E-state index contributed by atoms with van der Waals surface area (Å²) in [5.74, 6) is 1.88. The normalized spacial score (nSPS) is 15.2. The quantitative estimate of drug-likeness (QED) is 0.687. The van der Waals surface area contributed by atoms with Crippen LogP contribution in [-0.2, 0) is 0 Å². The van der Waals surface area contributed by atoms with Crippen molar-refractivity contribution in [3.05, 3.63) is 39.4 Å². The highest BCUT2D eigenvalue weighted by atomic mass is 35.5. The van der Waals surface area contributed by atoms with E-state index < -0.39 is 0 Å². The van der Waals surface area contributed by atoms with E-state index in [9.17, 15) is 4.79 Å². The van der Waals surface area contributed by atoms with Crippen LogP contribution in [0.25, 0.3) is 5.78 Å². The van der Waals surface area contributed by atoms with E-state index in [0.29, 0.717) is 34.0 Å². The monoisotopic (exact) mass is 390 g/mol. The first-order chi connectivity index (χ1) is 12.5. The van der Waals surface area contributed by atoms with Gasteiger partial charge in [-0.05, 0) is 18.1 Å². The van der Waals surface area contributed by atoms with Gasteiger partial charge in [0.2, 0.25) is 0 Å². The van der Waals surface area contributed by atoms with Gasteiger partial charge < -0.3 is 9.80 Å². The molecule has 0 atom stereocenters. The lowest BCUT2D eigenvalue weighted by Crippen LogP contribution is -2.49. The van der Waals surface area contributed by atoms with Crippen molar-refractivity contribution in [1.82, 2.24) is 24.5 Å². The molecule has 1 amide bonds. The number of nitrogens with zero attached hydrogens (tertiary/aromatic N) is 6. The summed E-state index contributed by atoms with van der Waals surface area (Å²) in [6.45, 7) is 7.07. The molecule has 0 saturated carbocycles. The third-order valence-corrected chi connectivity index (χ3v) is 5.79. The van der Waals surface area contributed by atoms with E-state index in [4.69, 9.17) is 11.6 Å². The molecule has 3 aromatic rings. The molecule has 0 radical (unpaired) electrons. The number of thiophene rings is 1. The van der Waals surface area contributed by atoms with E-state index in [1.54, 1.807) is 18.5 Å². The first-order valence-electron chi connectivity index (χ1n) is 8.53. The summed E-state index contributed by atoms with van der Waals surface area (Å²) in [7, 11) is 0. The van der Waals surface area contributed by atoms with Crippen molar-refractivity contribution in [2.75, 3.05) is 31.1 Å². The van der Waals surface area contributed by atoms with Crippen LogP contribution in [0.15, 0.2) is 24.5 Å². The highest BCUT2D eigenvalue weighted by Gasteiger charge is 2.24. The van der Waals surface area contributed by atoms with Crippen molar-refractivity contribution in [2.45, 2.75) is 19.8 Å². The second-order valence-electron chi connectivity index (χ2n) is 6.58. The molecule has 0 aliphatic carbocycles. The molecular weight excluding hydrogens is 372 g/mol. The standard InChI is InChI=1S/C17H19ClN6OS/c1-11(2)12-9-15(20-17-21-19-10-24(12)17)22-5-7-23(8-6-22)16(25)13-3-4-14(18)26-13/h3-4,9-11H,5-8H2,1-2H3. The van der Waals surface area contributed by atoms with Gasteiger partial charge in [-0.15, -0.1) is 21.5 Å². The average molecular weight is 391 g/mol. The van der Waals surface area contributed by atoms with Gasteiger partial charge >= 0.3 is 0 Å². The molecule has 9 heteroatoms. The molecule has 0 N–H and O–H groups in total. The van der Waals surface area contributed by atoms with Crippen LogP contribution in [0.1, 0.15) is 35.1 Å². The van der Waals surface area contributed by atoms with Gasteiger partial charge in [-0.1, -0.05) is 25.4 Å². The Morgan fingerprint density at radius 2 is 2.00 bits per heavy atom. The molecule has 0 unspecified atom stereocenters. The number of anilines is 1. The van der Waals surface area contributed by atoms with Crippen molar-refractivity contribution < 1.29 is 4.79 Å². The molecule has 1 aliphatic heterocycles. The van der Waals surface area contributed by atoms with Crippen molar-refractivity contribution >= 4 is 40.4 Å². The van der Waals surface area contributed by atoms with Gasteiger partial charge in [0.15, 0.2) is 0 Å². The summed E-state index contributed by atoms with van der Waals surface area (Å²) in [5.41, 5.74) is 1.13. The van der Waals surface area contributed by atoms with Crippen molar-refractivity contribution in [3.8, 4) is 0 Å². The first kappa shape index (κ1) is 17.2. The van der Waals surface area contributed by atoms with Crippen LogP contribution in [0.5, 0.6) is 0 Å². The van der Waals surface area contributed by atoms with Gasteiger partial charge in [-0.25, -0.2) is 0 Å². The van der Waals surface area contributed by atoms with Crippen LogP contribution in [-0.4, -0.2) is 56.6 Å². The van der Waals surface area contributed by atoms with E-state index in [2.05, 4.69) is 40.0 Å². The maximum atomic E-state index is 12.6. The van der Waals surface area contributed by atoms with Crippen LogP contribution < -0.4 is 4.90 Å². The second kappa shape index (κ2) is 6.85. The highest BCUT2D eigenvalue weighted by Crippen LogP contribution is 2.25. The molecule has 1 aliphatic rings. The zero-order valence-electron chi connectivity index (χ0n) is 14.6. The third kappa shape index (κ3) is 3.14. The lowest BCUT2D eigenvalue weighted by atomic mass is 10.1. The number of amides is 1. The van der Waals surface area contributed by atoms with Crippen LogP contribution >= 0.6 is 22.9 Å². The van der Waals surface area contributed by atoms with Gasteiger partial charge in [0.25, 0.3) is 11.7 Å². The Bertz CT molecular complexity index is 944. The molecule has 136 valence electrons. The average Bonchev–Trinajstić information content (AvgIpc) is 3.29.